The lowest BCUT2D eigenvalue weighted by Gasteiger charge is -2.18. The van der Waals surface area contributed by atoms with E-state index < -0.39 is 12.1 Å². The maximum absolute atomic E-state index is 11.8. The Kier molecular flexibility index (Phi) is 6.68. The molecule has 1 aromatic rings. The van der Waals surface area contributed by atoms with E-state index in [0.29, 0.717) is 12.4 Å². The molecule has 2 atom stereocenters. The van der Waals surface area contributed by atoms with Gasteiger partial charge in [0, 0.05) is 6.61 Å². The van der Waals surface area contributed by atoms with Crippen LogP contribution < -0.4 is 10.1 Å². The highest BCUT2D eigenvalue weighted by atomic mass is 16.5. The highest BCUT2D eigenvalue weighted by Gasteiger charge is 2.16. The number of nitrogens with one attached hydrogen (secondary N) is 1. The van der Waals surface area contributed by atoms with E-state index in [1.54, 1.807) is 31.2 Å². The van der Waals surface area contributed by atoms with Gasteiger partial charge in [0.1, 0.15) is 11.9 Å². The zero-order valence-electron chi connectivity index (χ0n) is 12.5. The molecule has 2 N–H and O–H groups in total. The van der Waals surface area contributed by atoms with Crippen molar-refractivity contribution < 1.29 is 24.2 Å². The number of benzene rings is 1. The van der Waals surface area contributed by atoms with Crippen LogP contribution in [0.3, 0.4) is 0 Å². The summed E-state index contributed by atoms with van der Waals surface area (Å²) in [7, 11) is 0. The number of rotatable bonds is 8. The second-order valence-corrected chi connectivity index (χ2v) is 4.58. The lowest BCUT2D eigenvalue weighted by atomic mass is 10.1. The van der Waals surface area contributed by atoms with Crippen molar-refractivity contribution in [1.29, 1.82) is 0 Å². The second-order valence-electron chi connectivity index (χ2n) is 4.58. The molecule has 0 saturated carbocycles. The first-order valence-corrected chi connectivity index (χ1v) is 6.80. The molecule has 1 amide bonds. The fourth-order valence-electron chi connectivity index (χ4n) is 1.74. The molecule has 21 heavy (non-hydrogen) atoms. The van der Waals surface area contributed by atoms with Crippen molar-refractivity contribution in [3.8, 4) is 5.75 Å². The molecule has 0 radical (unpaired) electrons. The molecule has 6 heteroatoms. The van der Waals surface area contributed by atoms with Gasteiger partial charge >= 0.3 is 5.97 Å². The molecule has 0 bridgehead atoms. The van der Waals surface area contributed by atoms with Gasteiger partial charge in [-0.1, -0.05) is 12.1 Å². The molecule has 0 aromatic heterocycles. The lowest BCUT2D eigenvalue weighted by Crippen LogP contribution is -2.36. The zero-order chi connectivity index (χ0) is 15.8. The summed E-state index contributed by atoms with van der Waals surface area (Å²) in [5.74, 6) is -0.720. The number of amides is 1. The monoisotopic (exact) mass is 295 g/mol. The van der Waals surface area contributed by atoms with Crippen LogP contribution in [0.1, 0.15) is 32.4 Å². The lowest BCUT2D eigenvalue weighted by molar-refractivity contribution is -0.139. The Balaban J connectivity index is 2.56. The van der Waals surface area contributed by atoms with Crippen molar-refractivity contribution in [3.63, 3.8) is 0 Å². The topological polar surface area (TPSA) is 84.9 Å². The van der Waals surface area contributed by atoms with Crippen molar-refractivity contribution in [2.24, 2.45) is 0 Å². The van der Waals surface area contributed by atoms with Crippen LogP contribution in [0.5, 0.6) is 5.75 Å². The van der Waals surface area contributed by atoms with Crippen LogP contribution in [-0.2, 0) is 14.3 Å². The van der Waals surface area contributed by atoms with Gasteiger partial charge in [0.05, 0.1) is 6.04 Å². The maximum atomic E-state index is 11.8. The average molecular weight is 295 g/mol. The summed E-state index contributed by atoms with van der Waals surface area (Å²) >= 11 is 0. The molecule has 1 rings (SSSR count). The van der Waals surface area contributed by atoms with Gasteiger partial charge in [0.25, 0.3) is 0 Å². The van der Waals surface area contributed by atoms with Gasteiger partial charge in [-0.05, 0) is 38.5 Å². The van der Waals surface area contributed by atoms with Crippen LogP contribution in [0.4, 0.5) is 0 Å². The van der Waals surface area contributed by atoms with E-state index in [4.69, 9.17) is 14.6 Å². The molecule has 2 unspecified atom stereocenters. The number of hydrogen-bond donors (Lipinski definition) is 2. The Morgan fingerprint density at radius 3 is 2.38 bits per heavy atom. The van der Waals surface area contributed by atoms with Crippen molar-refractivity contribution in [1.82, 2.24) is 5.32 Å². The summed E-state index contributed by atoms with van der Waals surface area (Å²) in [6, 6.07) is 6.75. The molecule has 0 heterocycles. The SMILES string of the molecule is CCOC(C)C(=O)NC(C)c1ccc(OCC(=O)O)cc1. The van der Waals surface area contributed by atoms with Gasteiger partial charge in [-0.15, -0.1) is 0 Å². The van der Waals surface area contributed by atoms with E-state index in [1.165, 1.54) is 0 Å². The normalized spacial score (nSPS) is 13.3. The van der Waals surface area contributed by atoms with Crippen molar-refractivity contribution >= 4 is 11.9 Å². The quantitative estimate of drug-likeness (QED) is 0.763. The first-order valence-electron chi connectivity index (χ1n) is 6.80. The Morgan fingerprint density at radius 2 is 1.86 bits per heavy atom. The van der Waals surface area contributed by atoms with Crippen molar-refractivity contribution in [3.05, 3.63) is 29.8 Å². The average Bonchev–Trinajstić information content (AvgIpc) is 2.45. The van der Waals surface area contributed by atoms with E-state index in [1.807, 2.05) is 13.8 Å². The standard InChI is InChI=1S/C15H21NO5/c1-4-20-11(3)15(19)16-10(2)12-5-7-13(8-6-12)21-9-14(17)18/h5-8,10-11H,4,9H2,1-3H3,(H,16,19)(H,17,18). The largest absolute Gasteiger partial charge is 0.482 e. The van der Waals surface area contributed by atoms with Crippen molar-refractivity contribution in [2.45, 2.75) is 32.9 Å². The number of hydrogen-bond acceptors (Lipinski definition) is 4. The van der Waals surface area contributed by atoms with Gasteiger partial charge in [0.15, 0.2) is 6.61 Å². The number of carboxylic acids is 1. The van der Waals surface area contributed by atoms with Gasteiger partial charge in [-0.3, -0.25) is 4.79 Å². The first-order chi connectivity index (χ1) is 9.93. The Morgan fingerprint density at radius 1 is 1.24 bits per heavy atom. The highest BCUT2D eigenvalue weighted by Crippen LogP contribution is 2.17. The minimum absolute atomic E-state index is 0.171. The fraction of sp³-hybridized carbons (Fsp3) is 0.467. The Bertz CT molecular complexity index is 471. The number of aliphatic carboxylic acids is 1. The molecular formula is C15H21NO5. The molecule has 116 valence electrons. The zero-order valence-corrected chi connectivity index (χ0v) is 12.5. The number of carbonyl (C=O) groups is 2. The molecule has 0 aliphatic rings. The Labute approximate surface area is 124 Å². The minimum Gasteiger partial charge on any atom is -0.482 e. The van der Waals surface area contributed by atoms with E-state index in [2.05, 4.69) is 5.32 Å². The van der Waals surface area contributed by atoms with Crippen LogP contribution in [0.15, 0.2) is 24.3 Å². The summed E-state index contributed by atoms with van der Waals surface area (Å²) in [5.41, 5.74) is 0.898. The van der Waals surface area contributed by atoms with Gasteiger partial charge in [-0.25, -0.2) is 4.79 Å². The minimum atomic E-state index is -1.02. The third-order valence-electron chi connectivity index (χ3n) is 2.89. The molecule has 0 aliphatic carbocycles. The summed E-state index contributed by atoms with van der Waals surface area (Å²) in [6.07, 6.45) is -0.490. The summed E-state index contributed by atoms with van der Waals surface area (Å²) in [5, 5.41) is 11.4. The Hall–Kier alpha value is -2.08. The van der Waals surface area contributed by atoms with E-state index >= 15 is 0 Å². The smallest absolute Gasteiger partial charge is 0.341 e. The predicted octanol–water partition coefficient (Wildman–Crippen LogP) is 1.75. The number of carbonyl (C=O) groups excluding carboxylic acids is 1. The molecule has 0 fully saturated rings. The molecule has 6 nitrogen and oxygen atoms in total. The summed E-state index contributed by atoms with van der Waals surface area (Å²) < 4.78 is 10.3. The third-order valence-corrected chi connectivity index (χ3v) is 2.89. The van der Waals surface area contributed by atoms with Gasteiger partial charge in [-0.2, -0.15) is 0 Å². The summed E-state index contributed by atoms with van der Waals surface area (Å²) in [4.78, 5) is 22.2. The van der Waals surface area contributed by atoms with Crippen molar-refractivity contribution in [2.75, 3.05) is 13.2 Å². The van der Waals surface area contributed by atoms with Crippen LogP contribution in [0.25, 0.3) is 0 Å². The number of carboxylic acid groups (broad SMARTS) is 1. The van der Waals surface area contributed by atoms with Gasteiger partial charge < -0.3 is 19.9 Å². The molecule has 0 saturated heterocycles. The predicted molar refractivity (Wildman–Crippen MR) is 77.2 cm³/mol. The highest BCUT2D eigenvalue weighted by molar-refractivity contribution is 5.80. The van der Waals surface area contributed by atoms with E-state index in [9.17, 15) is 9.59 Å². The van der Waals surface area contributed by atoms with Gasteiger partial charge in [0.2, 0.25) is 5.91 Å². The number of ether oxygens (including phenoxy) is 2. The summed E-state index contributed by atoms with van der Waals surface area (Å²) in [6.45, 7) is 5.51. The third kappa shape index (κ3) is 5.83. The maximum Gasteiger partial charge on any atom is 0.341 e. The molecular weight excluding hydrogens is 274 g/mol. The molecule has 0 spiro atoms. The van der Waals surface area contributed by atoms with E-state index in [-0.39, 0.29) is 18.6 Å². The van der Waals surface area contributed by atoms with Crippen LogP contribution in [-0.4, -0.2) is 36.3 Å². The fourth-order valence-corrected chi connectivity index (χ4v) is 1.74. The molecule has 1 aromatic carbocycles. The molecule has 0 aliphatic heterocycles. The van der Waals surface area contributed by atoms with Crippen LogP contribution >= 0.6 is 0 Å². The van der Waals surface area contributed by atoms with E-state index in [0.717, 1.165) is 5.56 Å². The van der Waals surface area contributed by atoms with Crippen LogP contribution in [0, 0.1) is 0 Å². The van der Waals surface area contributed by atoms with Crippen LogP contribution in [0.2, 0.25) is 0 Å². The second kappa shape index (κ2) is 8.26. The first kappa shape index (κ1) is 17.0.